The van der Waals surface area contributed by atoms with Crippen molar-refractivity contribution in [3.63, 3.8) is 0 Å². The Morgan fingerprint density at radius 2 is 1.69 bits per heavy atom. The summed E-state index contributed by atoms with van der Waals surface area (Å²) in [7, 11) is -2.87. The van der Waals surface area contributed by atoms with Crippen molar-refractivity contribution >= 4 is 21.0 Å². The third kappa shape index (κ3) is 3.82. The van der Waals surface area contributed by atoms with E-state index in [0.29, 0.717) is 16.7 Å². The molecule has 2 aromatic carbocycles. The summed E-state index contributed by atoms with van der Waals surface area (Å²) in [6.45, 7) is 0. The molecule has 0 saturated carbocycles. The standard InChI is InChI=1S/C15H11F3N2O5S/c1-23-10-4-7-13-12(8-10)14(20-19-13)25-26(21,22)11-5-2-9(3-6-11)24-15(16,17)18/h2-8H,1H3,(H,19,20). The molecular weight excluding hydrogens is 377 g/mol. The monoisotopic (exact) mass is 388 g/mol. The average Bonchev–Trinajstić information content (AvgIpc) is 2.95. The highest BCUT2D eigenvalue weighted by Crippen LogP contribution is 2.30. The van der Waals surface area contributed by atoms with Crippen molar-refractivity contribution in [2.45, 2.75) is 11.3 Å². The van der Waals surface area contributed by atoms with Crippen LogP contribution in [0.5, 0.6) is 17.4 Å². The van der Waals surface area contributed by atoms with Crippen LogP contribution in [0.2, 0.25) is 0 Å². The van der Waals surface area contributed by atoms with Crippen LogP contribution in [0.3, 0.4) is 0 Å². The highest BCUT2D eigenvalue weighted by Gasteiger charge is 2.31. The van der Waals surface area contributed by atoms with Crippen molar-refractivity contribution in [3.8, 4) is 17.4 Å². The molecule has 3 aromatic rings. The van der Waals surface area contributed by atoms with E-state index >= 15 is 0 Å². The minimum Gasteiger partial charge on any atom is -0.497 e. The maximum atomic E-state index is 12.3. The highest BCUT2D eigenvalue weighted by molar-refractivity contribution is 7.87. The smallest absolute Gasteiger partial charge is 0.497 e. The molecule has 0 fully saturated rings. The zero-order valence-corrected chi connectivity index (χ0v) is 13.9. The normalized spacial score (nSPS) is 12.2. The molecule has 0 bridgehead atoms. The average molecular weight is 388 g/mol. The lowest BCUT2D eigenvalue weighted by atomic mass is 10.2. The van der Waals surface area contributed by atoms with E-state index in [-0.39, 0.29) is 10.8 Å². The van der Waals surface area contributed by atoms with Gasteiger partial charge < -0.3 is 13.7 Å². The number of rotatable bonds is 5. The van der Waals surface area contributed by atoms with Gasteiger partial charge in [0.15, 0.2) is 0 Å². The molecule has 0 unspecified atom stereocenters. The number of alkyl halides is 3. The summed E-state index contributed by atoms with van der Waals surface area (Å²) < 4.78 is 74.8. The lowest BCUT2D eigenvalue weighted by Gasteiger charge is -2.09. The van der Waals surface area contributed by atoms with E-state index in [4.69, 9.17) is 8.92 Å². The molecule has 0 atom stereocenters. The summed E-state index contributed by atoms with van der Waals surface area (Å²) in [5.74, 6) is -0.296. The summed E-state index contributed by atoms with van der Waals surface area (Å²) in [5, 5.41) is 6.77. The van der Waals surface area contributed by atoms with Gasteiger partial charge in [0.2, 0.25) is 0 Å². The summed E-state index contributed by atoms with van der Waals surface area (Å²) in [6, 6.07) is 8.43. The zero-order valence-electron chi connectivity index (χ0n) is 13.1. The quantitative estimate of drug-likeness (QED) is 0.675. The molecule has 138 valence electrons. The van der Waals surface area contributed by atoms with Crippen molar-refractivity contribution in [1.29, 1.82) is 0 Å². The number of methoxy groups -OCH3 is 1. The first-order valence-corrected chi connectivity index (χ1v) is 8.41. The number of hydrogen-bond acceptors (Lipinski definition) is 6. The van der Waals surface area contributed by atoms with E-state index in [9.17, 15) is 21.6 Å². The van der Waals surface area contributed by atoms with Crippen molar-refractivity contribution in [1.82, 2.24) is 10.2 Å². The SMILES string of the molecule is COc1ccc2[nH]nc(OS(=O)(=O)c3ccc(OC(F)(F)F)cc3)c2c1. The predicted molar refractivity (Wildman–Crippen MR) is 83.6 cm³/mol. The molecule has 1 aromatic heterocycles. The molecule has 7 nitrogen and oxygen atoms in total. The first kappa shape index (κ1) is 17.9. The van der Waals surface area contributed by atoms with Crippen LogP contribution in [0, 0.1) is 0 Å². The first-order chi connectivity index (χ1) is 12.2. The molecule has 26 heavy (non-hydrogen) atoms. The Morgan fingerprint density at radius 1 is 1.04 bits per heavy atom. The summed E-state index contributed by atoms with van der Waals surface area (Å²) >= 11 is 0. The van der Waals surface area contributed by atoms with Gasteiger partial charge in [-0.2, -0.15) is 8.42 Å². The Bertz CT molecular complexity index is 1030. The molecule has 1 heterocycles. The first-order valence-electron chi connectivity index (χ1n) is 7.00. The molecule has 0 radical (unpaired) electrons. The van der Waals surface area contributed by atoms with Gasteiger partial charge in [0, 0.05) is 0 Å². The minimum absolute atomic E-state index is 0.213. The van der Waals surface area contributed by atoms with Crippen molar-refractivity contribution < 1.29 is 35.2 Å². The number of aromatic amines is 1. The molecule has 11 heteroatoms. The molecule has 0 aliphatic rings. The fourth-order valence-electron chi connectivity index (χ4n) is 2.12. The van der Waals surface area contributed by atoms with Crippen LogP contribution in [-0.2, 0) is 10.1 Å². The van der Waals surface area contributed by atoms with Crippen molar-refractivity contribution in [2.24, 2.45) is 0 Å². The summed E-state index contributed by atoms with van der Waals surface area (Å²) in [4.78, 5) is -0.355. The molecule has 0 amide bonds. The van der Waals surface area contributed by atoms with E-state index in [1.165, 1.54) is 13.2 Å². The zero-order chi connectivity index (χ0) is 18.9. The van der Waals surface area contributed by atoms with E-state index in [2.05, 4.69) is 14.9 Å². The van der Waals surface area contributed by atoms with E-state index in [0.717, 1.165) is 24.3 Å². The maximum absolute atomic E-state index is 12.3. The van der Waals surface area contributed by atoms with Crippen molar-refractivity contribution in [2.75, 3.05) is 7.11 Å². The molecule has 0 saturated heterocycles. The Kier molecular flexibility index (Phi) is 4.40. The van der Waals surface area contributed by atoms with Crippen LogP contribution in [0.25, 0.3) is 10.9 Å². The number of benzene rings is 2. The number of ether oxygens (including phenoxy) is 2. The van der Waals surface area contributed by atoms with E-state index in [1.54, 1.807) is 12.1 Å². The van der Waals surface area contributed by atoms with Crippen LogP contribution in [0.4, 0.5) is 13.2 Å². The second-order valence-corrected chi connectivity index (χ2v) is 6.54. The van der Waals surface area contributed by atoms with Crippen LogP contribution in [0.1, 0.15) is 0 Å². The fraction of sp³-hybridized carbons (Fsp3) is 0.133. The Labute approximate surface area is 145 Å². The van der Waals surface area contributed by atoms with Gasteiger partial charge in [0.05, 0.1) is 18.0 Å². The van der Waals surface area contributed by atoms with Gasteiger partial charge in [-0.3, -0.25) is 5.10 Å². The lowest BCUT2D eigenvalue weighted by Crippen LogP contribution is -2.17. The molecule has 3 rings (SSSR count). The Morgan fingerprint density at radius 3 is 2.31 bits per heavy atom. The van der Waals surface area contributed by atoms with E-state index < -0.39 is 22.2 Å². The van der Waals surface area contributed by atoms with Gasteiger partial charge in [-0.25, -0.2) is 0 Å². The number of aromatic nitrogens is 2. The Balaban J connectivity index is 1.87. The van der Waals surface area contributed by atoms with Gasteiger partial charge in [-0.05, 0) is 42.5 Å². The number of hydrogen-bond donors (Lipinski definition) is 1. The lowest BCUT2D eigenvalue weighted by molar-refractivity contribution is -0.274. The minimum atomic E-state index is -4.87. The third-order valence-corrected chi connectivity index (χ3v) is 4.50. The molecule has 1 N–H and O–H groups in total. The van der Waals surface area contributed by atoms with Crippen LogP contribution in [-0.4, -0.2) is 32.1 Å². The van der Waals surface area contributed by atoms with Crippen LogP contribution < -0.4 is 13.7 Å². The summed E-state index contributed by atoms with van der Waals surface area (Å²) in [6.07, 6.45) is -4.87. The molecule has 0 spiro atoms. The van der Waals surface area contributed by atoms with Gasteiger partial charge in [-0.15, -0.1) is 18.3 Å². The van der Waals surface area contributed by atoms with Crippen molar-refractivity contribution in [3.05, 3.63) is 42.5 Å². The number of fused-ring (bicyclic) bond motifs is 1. The van der Waals surface area contributed by atoms with Gasteiger partial charge >= 0.3 is 16.5 Å². The van der Waals surface area contributed by atoms with Crippen LogP contribution in [0.15, 0.2) is 47.4 Å². The van der Waals surface area contributed by atoms with Crippen LogP contribution >= 0.6 is 0 Å². The fourth-order valence-corrected chi connectivity index (χ4v) is 3.02. The number of H-pyrrole nitrogens is 1. The second kappa shape index (κ2) is 6.41. The molecular formula is C15H11F3N2O5S. The summed E-state index contributed by atoms with van der Waals surface area (Å²) in [5.41, 5.74) is 0.518. The largest absolute Gasteiger partial charge is 0.573 e. The molecule has 0 aliphatic carbocycles. The molecule has 0 aliphatic heterocycles. The van der Waals surface area contributed by atoms with Gasteiger partial charge in [-0.1, -0.05) is 0 Å². The Hall–Kier alpha value is -2.95. The number of halogens is 3. The number of nitrogens with one attached hydrogen (secondary N) is 1. The topological polar surface area (TPSA) is 90.5 Å². The highest BCUT2D eigenvalue weighted by atomic mass is 32.2. The second-order valence-electron chi connectivity index (χ2n) is 5.00. The third-order valence-electron chi connectivity index (χ3n) is 3.27. The predicted octanol–water partition coefficient (Wildman–Crippen LogP) is 3.24. The number of nitrogens with zero attached hydrogens (tertiary/aromatic N) is 1. The van der Waals surface area contributed by atoms with Gasteiger partial charge in [0.25, 0.3) is 5.88 Å². The van der Waals surface area contributed by atoms with Gasteiger partial charge in [0.1, 0.15) is 16.4 Å². The van der Waals surface area contributed by atoms with E-state index in [1.807, 2.05) is 0 Å². The maximum Gasteiger partial charge on any atom is 0.573 e.